The van der Waals surface area contributed by atoms with Crippen molar-refractivity contribution in [2.75, 3.05) is 0 Å². The highest BCUT2D eigenvalue weighted by atomic mass is 35.5. The standard InChI is InChI=1S/C38H24Cl2/c39-33-15-8-14-32-36(30-23-19-28(20-24-30)26-11-5-2-6-12-26)38-31(13-7-16-34(38)40)35(37(32)33)29-21-17-27(18-22-29)25-9-3-1-4-10-25/h1-24H. The molecule has 40 heavy (non-hydrogen) atoms. The Morgan fingerprint density at radius 2 is 0.600 bits per heavy atom. The minimum absolute atomic E-state index is 0.726. The van der Waals surface area contributed by atoms with Crippen molar-refractivity contribution in [3.8, 4) is 44.5 Å². The molecule has 0 aliphatic heterocycles. The number of hydrogen-bond donors (Lipinski definition) is 0. The first-order valence-electron chi connectivity index (χ1n) is 13.3. The molecule has 0 bridgehead atoms. The van der Waals surface area contributed by atoms with Crippen LogP contribution in [-0.4, -0.2) is 0 Å². The Bertz CT molecular complexity index is 1830. The molecule has 0 aliphatic carbocycles. The van der Waals surface area contributed by atoms with Crippen LogP contribution in [0.5, 0.6) is 0 Å². The van der Waals surface area contributed by atoms with Gasteiger partial charge in [-0.05, 0) is 67.4 Å². The van der Waals surface area contributed by atoms with Crippen molar-refractivity contribution in [2.24, 2.45) is 0 Å². The van der Waals surface area contributed by atoms with Crippen LogP contribution >= 0.6 is 23.2 Å². The zero-order valence-corrected chi connectivity index (χ0v) is 23.1. The molecule has 0 unspecified atom stereocenters. The maximum Gasteiger partial charge on any atom is 0.0491 e. The van der Waals surface area contributed by atoms with Crippen molar-refractivity contribution >= 4 is 44.7 Å². The molecule has 7 rings (SSSR count). The molecule has 2 heteroatoms. The molecule has 0 amide bonds. The molecule has 0 radical (unpaired) electrons. The van der Waals surface area contributed by atoms with Crippen molar-refractivity contribution in [2.45, 2.75) is 0 Å². The second kappa shape index (κ2) is 10.3. The summed E-state index contributed by atoms with van der Waals surface area (Å²) in [6, 6.07) is 50.7. The molecular formula is C38H24Cl2. The van der Waals surface area contributed by atoms with Crippen LogP contribution in [0.25, 0.3) is 66.1 Å². The summed E-state index contributed by atoms with van der Waals surface area (Å²) in [6.45, 7) is 0. The quantitative estimate of drug-likeness (QED) is 0.191. The van der Waals surface area contributed by atoms with Gasteiger partial charge < -0.3 is 0 Å². The first-order chi connectivity index (χ1) is 19.7. The number of rotatable bonds is 4. The van der Waals surface area contributed by atoms with Crippen LogP contribution < -0.4 is 0 Å². The fraction of sp³-hybridized carbons (Fsp3) is 0. The Labute approximate surface area is 244 Å². The molecule has 0 saturated carbocycles. The zero-order valence-electron chi connectivity index (χ0n) is 21.6. The average molecular weight is 552 g/mol. The fourth-order valence-corrected chi connectivity index (χ4v) is 6.30. The zero-order chi connectivity index (χ0) is 27.1. The van der Waals surface area contributed by atoms with Gasteiger partial charge in [0.2, 0.25) is 0 Å². The smallest absolute Gasteiger partial charge is 0.0491 e. The normalized spacial score (nSPS) is 11.2. The topological polar surface area (TPSA) is 0 Å². The van der Waals surface area contributed by atoms with E-state index in [9.17, 15) is 0 Å². The molecule has 190 valence electrons. The predicted octanol–water partition coefficient (Wildman–Crippen LogP) is 12.0. The van der Waals surface area contributed by atoms with Crippen molar-refractivity contribution in [3.63, 3.8) is 0 Å². The summed E-state index contributed by atoms with van der Waals surface area (Å²) in [7, 11) is 0. The fourth-order valence-electron chi connectivity index (χ4n) is 5.76. The maximum atomic E-state index is 7.01. The van der Waals surface area contributed by atoms with Gasteiger partial charge in [0, 0.05) is 20.8 Å². The van der Waals surface area contributed by atoms with Crippen molar-refractivity contribution < 1.29 is 0 Å². The molecule has 0 spiro atoms. The number of hydrogen-bond acceptors (Lipinski definition) is 0. The van der Waals surface area contributed by atoms with Crippen molar-refractivity contribution in [1.82, 2.24) is 0 Å². The average Bonchev–Trinajstić information content (AvgIpc) is 3.02. The third kappa shape index (κ3) is 4.27. The van der Waals surface area contributed by atoms with Crippen LogP contribution in [0.1, 0.15) is 0 Å². The van der Waals surface area contributed by atoms with Gasteiger partial charge in [0.1, 0.15) is 0 Å². The highest BCUT2D eigenvalue weighted by molar-refractivity contribution is 6.42. The lowest BCUT2D eigenvalue weighted by Gasteiger charge is -2.20. The molecule has 0 heterocycles. The molecule has 7 aromatic rings. The Kier molecular flexibility index (Phi) is 6.36. The minimum Gasteiger partial charge on any atom is -0.0836 e. The molecule has 0 fully saturated rings. The maximum absolute atomic E-state index is 7.01. The van der Waals surface area contributed by atoms with Gasteiger partial charge in [0.25, 0.3) is 0 Å². The van der Waals surface area contributed by atoms with Crippen LogP contribution in [0.2, 0.25) is 10.0 Å². The van der Waals surface area contributed by atoms with Gasteiger partial charge in [-0.15, -0.1) is 0 Å². The molecule has 0 atom stereocenters. The van der Waals surface area contributed by atoms with Gasteiger partial charge in [0.05, 0.1) is 0 Å². The monoisotopic (exact) mass is 550 g/mol. The van der Waals surface area contributed by atoms with E-state index in [1.165, 1.54) is 22.3 Å². The lowest BCUT2D eigenvalue weighted by Crippen LogP contribution is -1.92. The summed E-state index contributed by atoms with van der Waals surface area (Å²) in [5.74, 6) is 0. The molecule has 0 aromatic heterocycles. The summed E-state index contributed by atoms with van der Waals surface area (Å²) in [6.07, 6.45) is 0. The third-order valence-corrected chi connectivity index (χ3v) is 8.26. The summed E-state index contributed by atoms with van der Waals surface area (Å²) >= 11 is 14.0. The number of halogens is 2. The largest absolute Gasteiger partial charge is 0.0836 e. The van der Waals surface area contributed by atoms with E-state index in [2.05, 4.69) is 109 Å². The van der Waals surface area contributed by atoms with Crippen LogP contribution in [0, 0.1) is 0 Å². The van der Waals surface area contributed by atoms with Crippen LogP contribution in [0.4, 0.5) is 0 Å². The molecule has 0 saturated heterocycles. The Hall–Kier alpha value is -4.36. The highest BCUT2D eigenvalue weighted by Crippen LogP contribution is 2.48. The number of fused-ring (bicyclic) bond motifs is 2. The first kappa shape index (κ1) is 24.7. The van der Waals surface area contributed by atoms with Gasteiger partial charge in [-0.2, -0.15) is 0 Å². The lowest BCUT2D eigenvalue weighted by atomic mass is 9.85. The molecular weight excluding hydrogens is 527 g/mol. The molecule has 0 aliphatic rings. The van der Waals surface area contributed by atoms with Gasteiger partial charge in [0.15, 0.2) is 0 Å². The van der Waals surface area contributed by atoms with Crippen LogP contribution in [0.15, 0.2) is 146 Å². The summed E-state index contributed by atoms with van der Waals surface area (Å²) in [4.78, 5) is 0. The summed E-state index contributed by atoms with van der Waals surface area (Å²) in [5.41, 5.74) is 9.16. The number of benzene rings is 7. The van der Waals surface area contributed by atoms with E-state index in [4.69, 9.17) is 23.2 Å². The van der Waals surface area contributed by atoms with Gasteiger partial charge in [-0.25, -0.2) is 0 Å². The van der Waals surface area contributed by atoms with Gasteiger partial charge >= 0.3 is 0 Å². The second-order valence-electron chi connectivity index (χ2n) is 9.96. The van der Waals surface area contributed by atoms with Crippen molar-refractivity contribution in [3.05, 3.63) is 156 Å². The van der Waals surface area contributed by atoms with E-state index in [-0.39, 0.29) is 0 Å². The van der Waals surface area contributed by atoms with Crippen LogP contribution in [0.3, 0.4) is 0 Å². The summed E-state index contributed by atoms with van der Waals surface area (Å²) in [5, 5.41) is 5.69. The van der Waals surface area contributed by atoms with E-state index < -0.39 is 0 Å². The van der Waals surface area contributed by atoms with E-state index in [0.717, 1.165) is 53.8 Å². The first-order valence-corrected chi connectivity index (χ1v) is 14.1. The van der Waals surface area contributed by atoms with Crippen LogP contribution in [-0.2, 0) is 0 Å². The van der Waals surface area contributed by atoms with Crippen molar-refractivity contribution in [1.29, 1.82) is 0 Å². The Morgan fingerprint density at radius 3 is 0.975 bits per heavy atom. The third-order valence-electron chi connectivity index (χ3n) is 7.63. The molecule has 0 N–H and O–H groups in total. The lowest BCUT2D eigenvalue weighted by molar-refractivity contribution is 1.60. The SMILES string of the molecule is Clc1cccc2c(-c3ccc(-c4ccccc4)cc3)c3c(Cl)cccc3c(-c3ccc(-c4ccccc4)cc3)c12. The minimum atomic E-state index is 0.726. The molecule has 0 nitrogen and oxygen atoms in total. The molecule has 7 aromatic carbocycles. The Morgan fingerprint density at radius 1 is 0.275 bits per heavy atom. The van der Waals surface area contributed by atoms with Gasteiger partial charge in [-0.3, -0.25) is 0 Å². The Balaban J connectivity index is 1.49. The van der Waals surface area contributed by atoms with Gasteiger partial charge in [-0.1, -0.05) is 157 Å². The van der Waals surface area contributed by atoms with E-state index in [1.807, 2.05) is 36.4 Å². The highest BCUT2D eigenvalue weighted by Gasteiger charge is 2.20. The second-order valence-corrected chi connectivity index (χ2v) is 10.8. The van der Waals surface area contributed by atoms with E-state index in [0.29, 0.717) is 0 Å². The predicted molar refractivity (Wildman–Crippen MR) is 173 cm³/mol. The summed E-state index contributed by atoms with van der Waals surface area (Å²) < 4.78 is 0. The van der Waals surface area contributed by atoms with E-state index in [1.54, 1.807) is 0 Å². The van der Waals surface area contributed by atoms with E-state index >= 15 is 0 Å².